The van der Waals surface area contributed by atoms with Gasteiger partial charge in [0.2, 0.25) is 0 Å². The highest BCUT2D eigenvalue weighted by Crippen LogP contribution is 2.23. The van der Waals surface area contributed by atoms with Crippen molar-refractivity contribution in [2.45, 2.75) is 33.6 Å². The van der Waals surface area contributed by atoms with Crippen LogP contribution in [0.1, 0.15) is 39.2 Å². The lowest BCUT2D eigenvalue weighted by Crippen LogP contribution is -2.29. The molecule has 2 aromatic rings. The number of fused-ring (bicyclic) bond motifs is 1. The average Bonchev–Trinajstić information content (AvgIpc) is 3.30. The maximum absolute atomic E-state index is 3.77. The molecule has 0 unspecified atom stereocenters. The number of benzene rings is 2. The summed E-state index contributed by atoms with van der Waals surface area (Å²) in [5.74, 6) is 0. The molecule has 2 aliphatic carbocycles. The van der Waals surface area contributed by atoms with Gasteiger partial charge in [0.05, 0.1) is 0 Å². The molecule has 0 radical (unpaired) electrons. The number of rotatable bonds is 9. The number of hydrogen-bond donors (Lipinski definition) is 1. The van der Waals surface area contributed by atoms with Crippen molar-refractivity contribution < 1.29 is 0 Å². The minimum atomic E-state index is 0.836. The Morgan fingerprint density at radius 2 is 1.59 bits per heavy atom. The van der Waals surface area contributed by atoms with Crippen LogP contribution in [0.3, 0.4) is 0 Å². The number of nitrogens with one attached hydrogen (secondary N) is 1. The van der Waals surface area contributed by atoms with E-state index in [2.05, 4.69) is 172 Å². The zero-order valence-electron chi connectivity index (χ0n) is 26.2. The Morgan fingerprint density at radius 3 is 2.39 bits per heavy atom. The first-order chi connectivity index (χ1) is 21.6. The summed E-state index contributed by atoms with van der Waals surface area (Å²) in [4.78, 5) is 0. The molecule has 0 aliphatic heterocycles. The lowest BCUT2D eigenvalue weighted by molar-refractivity contribution is 0.975. The Morgan fingerprint density at radius 1 is 0.818 bits per heavy atom. The number of hydrogen-bond acceptors (Lipinski definition) is 1. The van der Waals surface area contributed by atoms with E-state index >= 15 is 0 Å². The smallest absolute Gasteiger partial charge is 0.0261 e. The minimum absolute atomic E-state index is 0.836. The van der Waals surface area contributed by atoms with Crippen LogP contribution in [0.5, 0.6) is 0 Å². The maximum atomic E-state index is 3.77. The van der Waals surface area contributed by atoms with Crippen LogP contribution in [-0.2, 0) is 0 Å². The predicted octanol–water partition coefficient (Wildman–Crippen LogP) is 9.56. The molecule has 0 heterocycles. The van der Waals surface area contributed by atoms with Gasteiger partial charge in [-0.25, -0.2) is 0 Å². The van der Waals surface area contributed by atoms with E-state index in [1.807, 2.05) is 18.4 Å². The third-order valence-electron chi connectivity index (χ3n) is 7.45. The van der Waals surface area contributed by atoms with Gasteiger partial charge in [-0.1, -0.05) is 164 Å². The molecular formula is C43H43N. The molecule has 0 spiro atoms. The van der Waals surface area contributed by atoms with Crippen LogP contribution >= 0.6 is 0 Å². The van der Waals surface area contributed by atoms with Gasteiger partial charge in [0.15, 0.2) is 0 Å². The topological polar surface area (TPSA) is 12.0 Å². The molecule has 44 heavy (non-hydrogen) atoms. The first-order valence-corrected chi connectivity index (χ1v) is 15.3. The van der Waals surface area contributed by atoms with Crippen LogP contribution in [0.15, 0.2) is 199 Å². The van der Waals surface area contributed by atoms with Crippen molar-refractivity contribution in [3.05, 3.63) is 215 Å². The van der Waals surface area contributed by atoms with E-state index in [0.29, 0.717) is 0 Å². The van der Waals surface area contributed by atoms with Gasteiger partial charge in [-0.2, -0.15) is 0 Å². The van der Waals surface area contributed by atoms with Gasteiger partial charge in [-0.15, -0.1) is 0 Å². The Balaban J connectivity index is 1.85. The summed E-state index contributed by atoms with van der Waals surface area (Å²) < 4.78 is 0. The average molecular weight is 574 g/mol. The second-order valence-electron chi connectivity index (χ2n) is 10.7. The van der Waals surface area contributed by atoms with Crippen molar-refractivity contribution in [1.29, 1.82) is 0 Å². The van der Waals surface area contributed by atoms with Crippen molar-refractivity contribution >= 4 is 11.1 Å². The fourth-order valence-electron chi connectivity index (χ4n) is 5.30. The first kappa shape index (κ1) is 31.8. The fraction of sp³-hybridized carbons (Fsp3) is 0.116. The quantitative estimate of drug-likeness (QED) is 0.295. The molecule has 0 saturated carbocycles. The van der Waals surface area contributed by atoms with Gasteiger partial charge in [0.25, 0.3) is 0 Å². The molecule has 0 aromatic heterocycles. The Kier molecular flexibility index (Phi) is 12.3. The predicted molar refractivity (Wildman–Crippen MR) is 193 cm³/mol. The minimum Gasteiger partial charge on any atom is -0.364 e. The van der Waals surface area contributed by atoms with Crippen molar-refractivity contribution in [1.82, 2.24) is 5.32 Å². The molecular weight excluding hydrogens is 530 g/mol. The van der Waals surface area contributed by atoms with Crippen LogP contribution in [0.4, 0.5) is 0 Å². The van der Waals surface area contributed by atoms with Crippen LogP contribution in [0.2, 0.25) is 0 Å². The lowest BCUT2D eigenvalue weighted by Gasteiger charge is -2.13. The van der Waals surface area contributed by atoms with Gasteiger partial charge >= 0.3 is 0 Å². The lowest BCUT2D eigenvalue weighted by atomic mass is 9.92. The molecule has 1 N–H and O–H groups in total. The molecule has 0 amide bonds. The van der Waals surface area contributed by atoms with Crippen LogP contribution in [0.25, 0.3) is 11.1 Å². The largest absolute Gasteiger partial charge is 0.364 e. The van der Waals surface area contributed by atoms with Crippen LogP contribution in [0, 0.1) is 0 Å². The van der Waals surface area contributed by atoms with Crippen molar-refractivity contribution in [3.8, 4) is 0 Å². The number of allylic oxidation sites excluding steroid dienone is 21. The van der Waals surface area contributed by atoms with Gasteiger partial charge in [-0.3, -0.25) is 0 Å². The van der Waals surface area contributed by atoms with E-state index in [1.54, 1.807) is 6.08 Å². The summed E-state index contributed by atoms with van der Waals surface area (Å²) in [5.41, 5.74) is 9.76. The monoisotopic (exact) mass is 573 g/mol. The van der Waals surface area contributed by atoms with Gasteiger partial charge < -0.3 is 5.32 Å². The zero-order chi connectivity index (χ0) is 31.0. The van der Waals surface area contributed by atoms with E-state index in [1.165, 1.54) is 55.1 Å². The first-order valence-electron chi connectivity index (χ1n) is 15.3. The molecule has 1 heteroatoms. The van der Waals surface area contributed by atoms with Gasteiger partial charge in [-0.05, 0) is 77.1 Å². The molecule has 4 rings (SSSR count). The van der Waals surface area contributed by atoms with E-state index in [0.717, 1.165) is 12.8 Å². The third-order valence-corrected chi connectivity index (χ3v) is 7.45. The Labute approximate surface area is 264 Å². The Hall–Kier alpha value is -5.14. The van der Waals surface area contributed by atoms with Crippen LogP contribution in [-0.4, -0.2) is 0 Å². The molecule has 220 valence electrons. The molecule has 1 nitrogen and oxygen atoms in total. The van der Waals surface area contributed by atoms with Crippen molar-refractivity contribution in [2.75, 3.05) is 0 Å². The van der Waals surface area contributed by atoms with E-state index in [4.69, 9.17) is 0 Å². The molecule has 0 bridgehead atoms. The molecule has 0 saturated heterocycles. The SMILES string of the molecule is C=C/C=C\C=C(/C)C1=C(N/C=C/C=C(\C=C/C)C2=c3\cccc\c3=C(c3ccccc3)\C=C\C=C/C=C(\C)C\2)CC=CC=C1. The second kappa shape index (κ2) is 17.1. The maximum Gasteiger partial charge on any atom is 0.0261 e. The zero-order valence-corrected chi connectivity index (χ0v) is 26.2. The second-order valence-corrected chi connectivity index (χ2v) is 10.7. The van der Waals surface area contributed by atoms with Crippen molar-refractivity contribution in [2.24, 2.45) is 0 Å². The highest BCUT2D eigenvalue weighted by atomic mass is 14.8. The molecule has 0 fully saturated rings. The van der Waals surface area contributed by atoms with Gasteiger partial charge in [0, 0.05) is 18.3 Å². The van der Waals surface area contributed by atoms with Gasteiger partial charge in [0.1, 0.15) is 0 Å². The highest BCUT2D eigenvalue weighted by molar-refractivity contribution is 5.77. The summed E-state index contributed by atoms with van der Waals surface area (Å²) >= 11 is 0. The summed E-state index contributed by atoms with van der Waals surface area (Å²) in [6.45, 7) is 10.2. The summed E-state index contributed by atoms with van der Waals surface area (Å²) in [6.07, 6.45) is 39.7. The normalized spacial score (nSPS) is 21.6. The summed E-state index contributed by atoms with van der Waals surface area (Å²) in [5, 5.41) is 6.06. The van der Waals surface area contributed by atoms with Crippen LogP contribution < -0.4 is 15.8 Å². The Bertz CT molecular complexity index is 1780. The van der Waals surface area contributed by atoms with Crippen molar-refractivity contribution in [3.63, 3.8) is 0 Å². The highest BCUT2D eigenvalue weighted by Gasteiger charge is 2.09. The summed E-state index contributed by atoms with van der Waals surface area (Å²) in [6, 6.07) is 19.4. The third kappa shape index (κ3) is 8.93. The molecule has 2 aliphatic rings. The molecule has 2 aromatic carbocycles. The summed E-state index contributed by atoms with van der Waals surface area (Å²) in [7, 11) is 0. The van der Waals surface area contributed by atoms with E-state index < -0.39 is 0 Å². The molecule has 0 atom stereocenters. The van der Waals surface area contributed by atoms with E-state index in [9.17, 15) is 0 Å². The fourth-order valence-corrected chi connectivity index (χ4v) is 5.30. The van der Waals surface area contributed by atoms with E-state index in [-0.39, 0.29) is 0 Å². The standard InChI is InChI=1S/C43H43N/c1-5-7-11-23-35(4)38-27-15-10-17-31-43(38)44-32-20-26-36(21-6-2)42-33-34(3)22-12-8-16-28-39(37-24-13-9-14-25-37)40-29-18-19-30-41(40)42/h5-30,32,44H,1,31,33H2,2-4H3/b11-7-,12-8-,21-6-,28-16+,32-20+,34-22+,35-23+,36-26+,40-39+,42-41+.